The SMILES string of the molecule is CC(CC(=O)NCCCS(=O)(=O)Cc1ccccc1)C1CCNCC1. The van der Waals surface area contributed by atoms with E-state index < -0.39 is 9.84 Å². The maximum absolute atomic E-state index is 12.1. The first-order valence-electron chi connectivity index (χ1n) is 9.18. The van der Waals surface area contributed by atoms with Gasteiger partial charge in [0.1, 0.15) is 0 Å². The molecular weight excluding hydrogens is 336 g/mol. The molecule has 0 spiro atoms. The lowest BCUT2D eigenvalue weighted by atomic mass is 9.84. The smallest absolute Gasteiger partial charge is 0.220 e. The Labute approximate surface area is 151 Å². The van der Waals surface area contributed by atoms with Crippen LogP contribution in [0.2, 0.25) is 0 Å². The van der Waals surface area contributed by atoms with Gasteiger partial charge in [-0.05, 0) is 49.8 Å². The molecule has 1 atom stereocenters. The zero-order valence-corrected chi connectivity index (χ0v) is 15.9. The molecule has 0 bridgehead atoms. The maximum atomic E-state index is 12.1. The minimum atomic E-state index is -3.13. The van der Waals surface area contributed by atoms with Crippen LogP contribution in [0.5, 0.6) is 0 Å². The van der Waals surface area contributed by atoms with Crippen LogP contribution < -0.4 is 10.6 Å². The lowest BCUT2D eigenvalue weighted by Gasteiger charge is -2.27. The van der Waals surface area contributed by atoms with E-state index in [1.54, 1.807) is 0 Å². The van der Waals surface area contributed by atoms with Gasteiger partial charge in [-0.2, -0.15) is 0 Å². The molecule has 1 aliphatic heterocycles. The molecule has 1 aromatic rings. The van der Waals surface area contributed by atoms with Crippen molar-refractivity contribution in [3.63, 3.8) is 0 Å². The largest absolute Gasteiger partial charge is 0.356 e. The quantitative estimate of drug-likeness (QED) is 0.657. The molecule has 6 heteroatoms. The molecule has 2 rings (SSSR count). The fraction of sp³-hybridized carbons (Fsp3) is 0.632. The van der Waals surface area contributed by atoms with E-state index in [-0.39, 0.29) is 17.4 Å². The van der Waals surface area contributed by atoms with Crippen LogP contribution in [0, 0.1) is 11.8 Å². The molecule has 25 heavy (non-hydrogen) atoms. The minimum absolute atomic E-state index is 0.0338. The number of hydrogen-bond donors (Lipinski definition) is 2. The highest BCUT2D eigenvalue weighted by atomic mass is 32.2. The summed E-state index contributed by atoms with van der Waals surface area (Å²) in [7, 11) is -3.13. The van der Waals surface area contributed by atoms with Crippen LogP contribution in [0.1, 0.15) is 38.2 Å². The number of benzene rings is 1. The van der Waals surface area contributed by atoms with Crippen molar-refractivity contribution in [1.82, 2.24) is 10.6 Å². The lowest BCUT2D eigenvalue weighted by Crippen LogP contribution is -2.34. The van der Waals surface area contributed by atoms with Crippen molar-refractivity contribution in [3.05, 3.63) is 35.9 Å². The third-order valence-electron chi connectivity index (χ3n) is 4.88. The Kier molecular flexibility index (Phi) is 7.90. The number of carbonyl (C=O) groups is 1. The Bertz CT molecular complexity index is 625. The molecule has 1 amide bonds. The summed E-state index contributed by atoms with van der Waals surface area (Å²) in [6.45, 7) is 4.64. The van der Waals surface area contributed by atoms with Gasteiger partial charge in [-0.15, -0.1) is 0 Å². The molecule has 1 fully saturated rings. The second kappa shape index (κ2) is 9.92. The van der Waals surface area contributed by atoms with E-state index in [9.17, 15) is 13.2 Å². The standard InChI is InChI=1S/C19H30N2O3S/c1-16(18-8-11-20-12-9-18)14-19(22)21-10-5-13-25(23,24)15-17-6-3-2-4-7-17/h2-4,6-7,16,18,20H,5,8-15H2,1H3,(H,21,22). The first kappa shape index (κ1) is 19.9. The normalized spacial score (nSPS) is 17.2. The van der Waals surface area contributed by atoms with Crippen LogP contribution in [0.25, 0.3) is 0 Å². The van der Waals surface area contributed by atoms with Gasteiger partial charge in [0, 0.05) is 13.0 Å². The van der Waals surface area contributed by atoms with Gasteiger partial charge in [-0.1, -0.05) is 37.3 Å². The molecule has 1 heterocycles. The first-order valence-corrected chi connectivity index (χ1v) is 11.0. The Morgan fingerprint density at radius 1 is 1.24 bits per heavy atom. The third kappa shape index (κ3) is 7.57. The highest BCUT2D eigenvalue weighted by molar-refractivity contribution is 7.90. The summed E-state index contributed by atoms with van der Waals surface area (Å²) in [6, 6.07) is 9.20. The summed E-state index contributed by atoms with van der Waals surface area (Å²) >= 11 is 0. The fourth-order valence-electron chi connectivity index (χ4n) is 3.36. The van der Waals surface area contributed by atoms with E-state index in [0.717, 1.165) is 31.5 Å². The summed E-state index contributed by atoms with van der Waals surface area (Å²) in [5.74, 6) is 1.19. The van der Waals surface area contributed by atoms with E-state index in [2.05, 4.69) is 17.6 Å². The molecule has 0 aliphatic carbocycles. The van der Waals surface area contributed by atoms with Crippen LogP contribution in [0.3, 0.4) is 0 Å². The van der Waals surface area contributed by atoms with Crippen molar-refractivity contribution in [3.8, 4) is 0 Å². The van der Waals surface area contributed by atoms with E-state index in [1.165, 1.54) is 0 Å². The van der Waals surface area contributed by atoms with Crippen molar-refractivity contribution in [1.29, 1.82) is 0 Å². The highest BCUT2D eigenvalue weighted by Gasteiger charge is 2.21. The topological polar surface area (TPSA) is 75.3 Å². The predicted molar refractivity (Wildman–Crippen MR) is 101 cm³/mol. The van der Waals surface area contributed by atoms with Crippen LogP contribution in [-0.2, 0) is 20.4 Å². The van der Waals surface area contributed by atoms with Crippen molar-refractivity contribution in [2.45, 2.75) is 38.4 Å². The highest BCUT2D eigenvalue weighted by Crippen LogP contribution is 2.24. The average Bonchev–Trinajstić information content (AvgIpc) is 2.60. The van der Waals surface area contributed by atoms with Crippen molar-refractivity contribution in [2.24, 2.45) is 11.8 Å². The number of piperidine rings is 1. The van der Waals surface area contributed by atoms with Crippen molar-refractivity contribution in [2.75, 3.05) is 25.4 Å². The third-order valence-corrected chi connectivity index (χ3v) is 6.56. The molecule has 1 aromatic carbocycles. The minimum Gasteiger partial charge on any atom is -0.356 e. The van der Waals surface area contributed by atoms with Crippen LogP contribution in [0.4, 0.5) is 0 Å². The molecule has 1 aliphatic rings. The number of sulfone groups is 1. The van der Waals surface area contributed by atoms with Crippen LogP contribution in [0.15, 0.2) is 30.3 Å². The summed E-state index contributed by atoms with van der Waals surface area (Å²) in [6.07, 6.45) is 3.25. The van der Waals surface area contributed by atoms with E-state index in [0.29, 0.717) is 31.2 Å². The molecule has 2 N–H and O–H groups in total. The zero-order valence-electron chi connectivity index (χ0n) is 15.0. The molecule has 5 nitrogen and oxygen atoms in total. The van der Waals surface area contributed by atoms with Gasteiger partial charge in [0.25, 0.3) is 0 Å². The van der Waals surface area contributed by atoms with Gasteiger partial charge in [0.2, 0.25) is 5.91 Å². The summed E-state index contributed by atoms with van der Waals surface area (Å²) in [4.78, 5) is 12.0. The predicted octanol–water partition coefficient (Wildman–Crippen LogP) is 2.13. The van der Waals surface area contributed by atoms with Gasteiger partial charge >= 0.3 is 0 Å². The van der Waals surface area contributed by atoms with Gasteiger partial charge in [-0.3, -0.25) is 4.79 Å². The molecule has 0 saturated carbocycles. The number of amides is 1. The summed E-state index contributed by atoms with van der Waals surface area (Å²) in [5.41, 5.74) is 0.808. The van der Waals surface area contributed by atoms with Crippen LogP contribution in [-0.4, -0.2) is 39.7 Å². The Hall–Kier alpha value is -1.40. The number of carbonyl (C=O) groups excluding carboxylic acids is 1. The Morgan fingerprint density at radius 2 is 1.92 bits per heavy atom. The van der Waals surface area contributed by atoms with Gasteiger partial charge in [0.05, 0.1) is 11.5 Å². The average molecular weight is 367 g/mol. The zero-order chi connectivity index (χ0) is 18.1. The summed E-state index contributed by atoms with van der Waals surface area (Å²) < 4.78 is 24.2. The van der Waals surface area contributed by atoms with E-state index in [1.807, 2.05) is 30.3 Å². The molecule has 140 valence electrons. The second-order valence-electron chi connectivity index (χ2n) is 7.05. The first-order chi connectivity index (χ1) is 12.0. The number of hydrogen-bond acceptors (Lipinski definition) is 4. The monoisotopic (exact) mass is 366 g/mol. The van der Waals surface area contributed by atoms with Crippen LogP contribution >= 0.6 is 0 Å². The van der Waals surface area contributed by atoms with Gasteiger partial charge in [0.15, 0.2) is 9.84 Å². The molecule has 1 saturated heterocycles. The maximum Gasteiger partial charge on any atom is 0.220 e. The molecular formula is C19H30N2O3S. The lowest BCUT2D eigenvalue weighted by molar-refractivity contribution is -0.122. The van der Waals surface area contributed by atoms with E-state index >= 15 is 0 Å². The van der Waals surface area contributed by atoms with Crippen molar-refractivity contribution < 1.29 is 13.2 Å². The van der Waals surface area contributed by atoms with Gasteiger partial charge < -0.3 is 10.6 Å². The van der Waals surface area contributed by atoms with E-state index in [4.69, 9.17) is 0 Å². The Balaban J connectivity index is 1.63. The molecule has 0 radical (unpaired) electrons. The van der Waals surface area contributed by atoms with Crippen molar-refractivity contribution >= 4 is 15.7 Å². The fourth-order valence-corrected chi connectivity index (χ4v) is 4.79. The van der Waals surface area contributed by atoms with Gasteiger partial charge in [-0.25, -0.2) is 8.42 Å². The molecule has 1 unspecified atom stereocenters. The summed E-state index contributed by atoms with van der Waals surface area (Å²) in [5, 5.41) is 6.21. The second-order valence-corrected chi connectivity index (χ2v) is 9.23. The Morgan fingerprint density at radius 3 is 2.60 bits per heavy atom. The number of nitrogens with one attached hydrogen (secondary N) is 2. The number of rotatable bonds is 9. The molecule has 0 aromatic heterocycles.